The summed E-state index contributed by atoms with van der Waals surface area (Å²) in [5.74, 6) is 1.12. The van der Waals surface area contributed by atoms with E-state index in [0.717, 1.165) is 59.2 Å². The lowest BCUT2D eigenvalue weighted by atomic mass is 9.92. The van der Waals surface area contributed by atoms with E-state index in [4.69, 9.17) is 14.5 Å². The van der Waals surface area contributed by atoms with Crippen molar-refractivity contribution in [3.8, 4) is 11.5 Å². The van der Waals surface area contributed by atoms with E-state index in [1.807, 2.05) is 48.5 Å². The summed E-state index contributed by atoms with van der Waals surface area (Å²) in [6.45, 7) is 0. The van der Waals surface area contributed by atoms with Crippen molar-refractivity contribution in [3.05, 3.63) is 83.8 Å². The predicted octanol–water partition coefficient (Wildman–Crippen LogP) is 5.92. The minimum absolute atomic E-state index is 0.210. The van der Waals surface area contributed by atoms with Crippen LogP contribution in [0.2, 0.25) is 0 Å². The molecule has 2 aromatic heterocycles. The van der Waals surface area contributed by atoms with Crippen LogP contribution in [0, 0.1) is 0 Å². The molecule has 182 valence electrons. The van der Waals surface area contributed by atoms with Gasteiger partial charge in [0.05, 0.1) is 25.4 Å². The minimum Gasteiger partial charge on any atom is -0.493 e. The highest BCUT2D eigenvalue weighted by Crippen LogP contribution is 2.38. The highest BCUT2D eigenvalue weighted by atomic mass is 16.5. The van der Waals surface area contributed by atoms with Gasteiger partial charge >= 0.3 is 0 Å². The van der Waals surface area contributed by atoms with Crippen LogP contribution in [0.15, 0.2) is 67.0 Å². The number of aryl methyl sites for hydroxylation is 1. The Morgan fingerprint density at radius 1 is 0.972 bits per heavy atom. The molecule has 1 aliphatic rings. The van der Waals surface area contributed by atoms with E-state index in [1.165, 1.54) is 11.6 Å². The Labute approximate surface area is 210 Å². The van der Waals surface area contributed by atoms with E-state index in [1.54, 1.807) is 32.7 Å². The van der Waals surface area contributed by atoms with Gasteiger partial charge < -0.3 is 20.1 Å². The summed E-state index contributed by atoms with van der Waals surface area (Å²) in [6.07, 6.45) is 10.8. The summed E-state index contributed by atoms with van der Waals surface area (Å²) in [5.41, 5.74) is 6.73. The number of ether oxygens (including phenoxy) is 2. The number of aromatic nitrogens is 2. The minimum atomic E-state index is -0.210. The SMILES string of the molecule is COc1ccc(Nc2c3c(nc4ccc(NC(=O)/C=C/c5cccnc5)cc24)CCCC3)cc1OC. The molecule has 5 rings (SSSR count). The van der Waals surface area contributed by atoms with Gasteiger partial charge in [-0.2, -0.15) is 0 Å². The maximum absolute atomic E-state index is 12.6. The van der Waals surface area contributed by atoms with E-state index < -0.39 is 0 Å². The van der Waals surface area contributed by atoms with Crippen LogP contribution in [0.3, 0.4) is 0 Å². The largest absolute Gasteiger partial charge is 0.493 e. The van der Waals surface area contributed by atoms with Gasteiger partial charge in [0, 0.05) is 47.0 Å². The van der Waals surface area contributed by atoms with E-state index in [9.17, 15) is 4.79 Å². The molecule has 0 atom stereocenters. The lowest BCUT2D eigenvalue weighted by Crippen LogP contribution is -2.11. The molecule has 0 saturated carbocycles. The van der Waals surface area contributed by atoms with Crippen molar-refractivity contribution in [1.29, 1.82) is 0 Å². The van der Waals surface area contributed by atoms with Crippen molar-refractivity contribution in [2.45, 2.75) is 25.7 Å². The van der Waals surface area contributed by atoms with E-state index >= 15 is 0 Å². The van der Waals surface area contributed by atoms with Crippen LogP contribution < -0.4 is 20.1 Å². The molecule has 36 heavy (non-hydrogen) atoms. The van der Waals surface area contributed by atoms with Gasteiger partial charge in [-0.15, -0.1) is 0 Å². The Kier molecular flexibility index (Phi) is 6.80. The molecule has 2 N–H and O–H groups in total. The van der Waals surface area contributed by atoms with Crippen molar-refractivity contribution in [1.82, 2.24) is 9.97 Å². The van der Waals surface area contributed by atoms with Crippen molar-refractivity contribution in [3.63, 3.8) is 0 Å². The quantitative estimate of drug-likeness (QED) is 0.319. The first-order chi connectivity index (χ1) is 17.6. The molecule has 1 aliphatic carbocycles. The van der Waals surface area contributed by atoms with Crippen LogP contribution in [0.1, 0.15) is 29.7 Å². The Morgan fingerprint density at radius 2 is 1.81 bits per heavy atom. The highest BCUT2D eigenvalue weighted by molar-refractivity contribution is 6.04. The molecular formula is C29H28N4O3. The normalized spacial score (nSPS) is 12.8. The summed E-state index contributed by atoms with van der Waals surface area (Å²) >= 11 is 0. The van der Waals surface area contributed by atoms with Gasteiger partial charge in [0.1, 0.15) is 0 Å². The lowest BCUT2D eigenvalue weighted by molar-refractivity contribution is -0.111. The zero-order chi connectivity index (χ0) is 24.9. The van der Waals surface area contributed by atoms with Gasteiger partial charge in [0.2, 0.25) is 5.91 Å². The number of nitrogens with zero attached hydrogens (tertiary/aromatic N) is 2. The smallest absolute Gasteiger partial charge is 0.248 e. The molecule has 4 aromatic rings. The summed E-state index contributed by atoms with van der Waals surface area (Å²) in [5, 5.41) is 7.55. The molecule has 2 heterocycles. The zero-order valence-corrected chi connectivity index (χ0v) is 20.4. The highest BCUT2D eigenvalue weighted by Gasteiger charge is 2.19. The molecule has 7 heteroatoms. The number of anilines is 3. The van der Waals surface area contributed by atoms with Gasteiger partial charge in [-0.05, 0) is 79.3 Å². The van der Waals surface area contributed by atoms with Crippen molar-refractivity contribution in [2.75, 3.05) is 24.9 Å². The third kappa shape index (κ3) is 5.00. The van der Waals surface area contributed by atoms with E-state index in [0.29, 0.717) is 17.2 Å². The second kappa shape index (κ2) is 10.5. The maximum atomic E-state index is 12.6. The molecule has 0 unspecified atom stereocenters. The van der Waals surface area contributed by atoms with Gasteiger partial charge in [0.25, 0.3) is 0 Å². The number of fused-ring (bicyclic) bond motifs is 2. The molecule has 0 bridgehead atoms. The first-order valence-electron chi connectivity index (χ1n) is 12.0. The lowest BCUT2D eigenvalue weighted by Gasteiger charge is -2.22. The standard InChI is InChI=1S/C29H28N4O3/c1-35-26-13-11-21(17-27(26)36-2)32-29-22-7-3-4-8-24(22)33-25-12-10-20(16-23(25)29)31-28(34)14-9-19-6-5-15-30-18-19/h5-6,9-18H,3-4,7-8H2,1-2H3,(H,31,34)(H,32,33)/b14-9+. The molecule has 2 aromatic carbocycles. The van der Waals surface area contributed by atoms with E-state index in [2.05, 4.69) is 15.6 Å². The number of hydrogen-bond acceptors (Lipinski definition) is 6. The summed E-state index contributed by atoms with van der Waals surface area (Å²) in [7, 11) is 3.25. The second-order valence-electron chi connectivity index (χ2n) is 8.65. The van der Waals surface area contributed by atoms with Crippen LogP contribution in [0.4, 0.5) is 17.1 Å². The Morgan fingerprint density at radius 3 is 2.61 bits per heavy atom. The molecule has 0 radical (unpaired) electrons. The van der Waals surface area contributed by atoms with Gasteiger partial charge in [-0.1, -0.05) is 6.07 Å². The first-order valence-corrected chi connectivity index (χ1v) is 12.0. The third-order valence-electron chi connectivity index (χ3n) is 6.29. The van der Waals surface area contributed by atoms with Gasteiger partial charge in [0.15, 0.2) is 11.5 Å². The fourth-order valence-corrected chi connectivity index (χ4v) is 4.53. The average molecular weight is 481 g/mol. The Balaban J connectivity index is 1.50. The van der Waals surface area contributed by atoms with Crippen molar-refractivity contribution in [2.24, 2.45) is 0 Å². The van der Waals surface area contributed by atoms with Gasteiger partial charge in [-0.25, -0.2) is 0 Å². The van der Waals surface area contributed by atoms with E-state index in [-0.39, 0.29) is 5.91 Å². The molecule has 1 amide bonds. The molecule has 0 spiro atoms. The number of hydrogen-bond donors (Lipinski definition) is 2. The third-order valence-corrected chi connectivity index (χ3v) is 6.29. The Hall–Kier alpha value is -4.39. The van der Waals surface area contributed by atoms with Crippen LogP contribution in [0.5, 0.6) is 11.5 Å². The van der Waals surface area contributed by atoms with Crippen LogP contribution in [-0.2, 0) is 17.6 Å². The maximum Gasteiger partial charge on any atom is 0.248 e. The zero-order valence-electron chi connectivity index (χ0n) is 20.4. The van der Waals surface area contributed by atoms with Crippen molar-refractivity contribution >= 4 is 39.9 Å². The van der Waals surface area contributed by atoms with Gasteiger partial charge in [-0.3, -0.25) is 14.8 Å². The Bertz CT molecular complexity index is 1430. The number of carbonyl (C=O) groups is 1. The monoisotopic (exact) mass is 480 g/mol. The van der Waals surface area contributed by atoms with Crippen LogP contribution >= 0.6 is 0 Å². The number of pyridine rings is 2. The fraction of sp³-hybridized carbons (Fsp3) is 0.207. The average Bonchev–Trinajstić information content (AvgIpc) is 2.92. The number of amides is 1. The predicted molar refractivity (Wildman–Crippen MR) is 143 cm³/mol. The number of methoxy groups -OCH3 is 2. The first kappa shape index (κ1) is 23.4. The number of rotatable bonds is 7. The molecule has 0 aliphatic heterocycles. The summed E-state index contributed by atoms with van der Waals surface area (Å²) < 4.78 is 10.9. The molecule has 0 fully saturated rings. The topological polar surface area (TPSA) is 85.4 Å². The van der Waals surface area contributed by atoms with Crippen molar-refractivity contribution < 1.29 is 14.3 Å². The molecular weight excluding hydrogens is 452 g/mol. The fourth-order valence-electron chi connectivity index (χ4n) is 4.53. The molecule has 7 nitrogen and oxygen atoms in total. The number of benzene rings is 2. The molecule has 0 saturated heterocycles. The summed E-state index contributed by atoms with van der Waals surface area (Å²) in [6, 6.07) is 15.3. The summed E-state index contributed by atoms with van der Waals surface area (Å²) in [4.78, 5) is 21.6. The van der Waals surface area contributed by atoms with Crippen LogP contribution in [-0.4, -0.2) is 30.1 Å². The second-order valence-corrected chi connectivity index (χ2v) is 8.65. The number of nitrogens with one attached hydrogen (secondary N) is 2. The number of carbonyl (C=O) groups excluding carboxylic acids is 1. The van der Waals surface area contributed by atoms with Crippen LogP contribution in [0.25, 0.3) is 17.0 Å².